The first-order chi connectivity index (χ1) is 11.7. The summed E-state index contributed by atoms with van der Waals surface area (Å²) in [6.45, 7) is 4.59. The molecular formula is C18H27N3O3. The molecule has 0 atom stereocenters. The van der Waals surface area contributed by atoms with Crippen LogP contribution in [0.4, 0.5) is 0 Å². The van der Waals surface area contributed by atoms with Gasteiger partial charge in [-0.25, -0.2) is 0 Å². The van der Waals surface area contributed by atoms with Gasteiger partial charge in [-0.1, -0.05) is 19.3 Å². The van der Waals surface area contributed by atoms with Gasteiger partial charge in [-0.2, -0.15) is 0 Å². The summed E-state index contributed by atoms with van der Waals surface area (Å²) >= 11 is 0. The quantitative estimate of drug-likeness (QED) is 0.891. The second-order valence-corrected chi connectivity index (χ2v) is 6.85. The Kier molecular flexibility index (Phi) is 5.91. The maximum Gasteiger partial charge on any atom is 0.287 e. The van der Waals surface area contributed by atoms with Crippen LogP contribution in [-0.4, -0.2) is 60.9 Å². The van der Waals surface area contributed by atoms with Crippen molar-refractivity contribution in [3.8, 4) is 0 Å². The van der Waals surface area contributed by atoms with E-state index in [4.69, 9.17) is 4.42 Å². The van der Waals surface area contributed by atoms with E-state index in [0.717, 1.165) is 32.1 Å². The Morgan fingerprint density at radius 3 is 2.54 bits per heavy atom. The third-order valence-electron chi connectivity index (χ3n) is 5.11. The average Bonchev–Trinajstić information content (AvgIpc) is 3.16. The summed E-state index contributed by atoms with van der Waals surface area (Å²) in [5.41, 5.74) is 0. The molecule has 1 aliphatic carbocycles. The highest BCUT2D eigenvalue weighted by Gasteiger charge is 2.24. The molecule has 6 nitrogen and oxygen atoms in total. The predicted octanol–water partition coefficient (Wildman–Crippen LogP) is 1.73. The van der Waals surface area contributed by atoms with Crippen molar-refractivity contribution in [2.45, 2.75) is 32.1 Å². The van der Waals surface area contributed by atoms with Crippen molar-refractivity contribution in [3.05, 3.63) is 24.2 Å². The normalized spacial score (nSPS) is 20.1. The Hall–Kier alpha value is -1.82. The summed E-state index contributed by atoms with van der Waals surface area (Å²) in [6, 6.07) is 3.24. The summed E-state index contributed by atoms with van der Waals surface area (Å²) in [7, 11) is 0. The van der Waals surface area contributed by atoms with E-state index in [2.05, 4.69) is 10.2 Å². The fourth-order valence-corrected chi connectivity index (χ4v) is 3.68. The molecular weight excluding hydrogens is 306 g/mol. The molecule has 1 saturated carbocycles. The SMILES string of the molecule is O=C(NCC(=O)N1CCN(CC2CCCCC2)CC1)c1ccco1. The molecule has 132 valence electrons. The molecule has 1 N–H and O–H groups in total. The van der Waals surface area contributed by atoms with Crippen LogP contribution in [0.1, 0.15) is 42.7 Å². The molecule has 24 heavy (non-hydrogen) atoms. The minimum atomic E-state index is -0.343. The van der Waals surface area contributed by atoms with Gasteiger partial charge in [0.1, 0.15) is 0 Å². The lowest BCUT2D eigenvalue weighted by Gasteiger charge is -2.37. The van der Waals surface area contributed by atoms with E-state index in [-0.39, 0.29) is 24.1 Å². The topological polar surface area (TPSA) is 65.8 Å². The van der Waals surface area contributed by atoms with Crippen LogP contribution in [0.5, 0.6) is 0 Å². The molecule has 0 bridgehead atoms. The van der Waals surface area contributed by atoms with E-state index in [0.29, 0.717) is 0 Å². The van der Waals surface area contributed by atoms with Crippen molar-refractivity contribution in [1.29, 1.82) is 0 Å². The summed E-state index contributed by atoms with van der Waals surface area (Å²) in [4.78, 5) is 28.3. The van der Waals surface area contributed by atoms with Gasteiger partial charge < -0.3 is 14.6 Å². The van der Waals surface area contributed by atoms with E-state index in [1.54, 1.807) is 12.1 Å². The molecule has 1 aromatic heterocycles. The van der Waals surface area contributed by atoms with Crippen LogP contribution in [0.15, 0.2) is 22.8 Å². The molecule has 2 fully saturated rings. The van der Waals surface area contributed by atoms with Gasteiger partial charge in [-0.15, -0.1) is 0 Å². The van der Waals surface area contributed by atoms with Crippen molar-refractivity contribution in [2.24, 2.45) is 5.92 Å². The van der Waals surface area contributed by atoms with Gasteiger partial charge in [0.25, 0.3) is 5.91 Å². The smallest absolute Gasteiger partial charge is 0.287 e. The first-order valence-corrected chi connectivity index (χ1v) is 9.04. The summed E-state index contributed by atoms with van der Waals surface area (Å²) in [6.07, 6.45) is 8.30. The van der Waals surface area contributed by atoms with E-state index < -0.39 is 0 Å². The summed E-state index contributed by atoms with van der Waals surface area (Å²) in [5.74, 6) is 0.713. The maximum absolute atomic E-state index is 12.2. The highest BCUT2D eigenvalue weighted by molar-refractivity contribution is 5.94. The van der Waals surface area contributed by atoms with Crippen LogP contribution in [0.3, 0.4) is 0 Å². The lowest BCUT2D eigenvalue weighted by atomic mass is 9.89. The molecule has 1 aliphatic heterocycles. The molecule has 0 spiro atoms. The van der Waals surface area contributed by atoms with Crippen LogP contribution >= 0.6 is 0 Å². The number of nitrogens with one attached hydrogen (secondary N) is 1. The van der Waals surface area contributed by atoms with Crippen LogP contribution < -0.4 is 5.32 Å². The van der Waals surface area contributed by atoms with E-state index in [1.807, 2.05) is 4.90 Å². The van der Waals surface area contributed by atoms with Gasteiger partial charge >= 0.3 is 0 Å². The van der Waals surface area contributed by atoms with Crippen molar-refractivity contribution in [3.63, 3.8) is 0 Å². The second kappa shape index (κ2) is 8.33. The van der Waals surface area contributed by atoms with Gasteiger partial charge in [0.05, 0.1) is 12.8 Å². The predicted molar refractivity (Wildman–Crippen MR) is 90.6 cm³/mol. The number of furan rings is 1. The van der Waals surface area contributed by atoms with Crippen LogP contribution in [0.2, 0.25) is 0 Å². The Morgan fingerprint density at radius 1 is 1.12 bits per heavy atom. The molecule has 1 saturated heterocycles. The molecule has 1 aromatic rings. The number of nitrogens with zero attached hydrogens (tertiary/aromatic N) is 2. The molecule has 2 heterocycles. The number of piperazine rings is 1. The van der Waals surface area contributed by atoms with Crippen molar-refractivity contribution in [1.82, 2.24) is 15.1 Å². The van der Waals surface area contributed by atoms with Crippen LogP contribution in [-0.2, 0) is 4.79 Å². The molecule has 2 amide bonds. The first kappa shape index (κ1) is 17.0. The lowest BCUT2D eigenvalue weighted by Crippen LogP contribution is -2.52. The number of hydrogen-bond donors (Lipinski definition) is 1. The van der Waals surface area contributed by atoms with Gasteiger partial charge in [-0.3, -0.25) is 14.5 Å². The number of carbonyl (C=O) groups excluding carboxylic acids is 2. The van der Waals surface area contributed by atoms with Crippen molar-refractivity contribution in [2.75, 3.05) is 39.3 Å². The van der Waals surface area contributed by atoms with Crippen molar-refractivity contribution < 1.29 is 14.0 Å². The van der Waals surface area contributed by atoms with Crippen LogP contribution in [0.25, 0.3) is 0 Å². The monoisotopic (exact) mass is 333 g/mol. The van der Waals surface area contributed by atoms with Gasteiger partial charge in [0.2, 0.25) is 5.91 Å². The highest BCUT2D eigenvalue weighted by Crippen LogP contribution is 2.24. The standard InChI is InChI=1S/C18H27N3O3/c22-17(13-19-18(23)16-7-4-12-24-16)21-10-8-20(9-11-21)14-15-5-2-1-3-6-15/h4,7,12,15H,1-3,5-6,8-11,13-14H2,(H,19,23). The molecule has 2 aliphatic rings. The Balaban J connectivity index is 1.36. The molecule has 0 unspecified atom stereocenters. The van der Waals surface area contributed by atoms with E-state index >= 15 is 0 Å². The average molecular weight is 333 g/mol. The summed E-state index contributed by atoms with van der Waals surface area (Å²) in [5, 5.41) is 2.62. The van der Waals surface area contributed by atoms with Gasteiger partial charge in [-0.05, 0) is 30.9 Å². The zero-order valence-corrected chi connectivity index (χ0v) is 14.2. The largest absolute Gasteiger partial charge is 0.459 e. The Bertz CT molecular complexity index is 530. The maximum atomic E-state index is 12.2. The molecule has 0 aromatic carbocycles. The second-order valence-electron chi connectivity index (χ2n) is 6.85. The first-order valence-electron chi connectivity index (χ1n) is 9.04. The van der Waals surface area contributed by atoms with E-state index in [9.17, 15) is 9.59 Å². The van der Waals surface area contributed by atoms with Crippen LogP contribution in [0, 0.1) is 5.92 Å². The Labute approximate surface area is 143 Å². The van der Waals surface area contributed by atoms with Crippen molar-refractivity contribution >= 4 is 11.8 Å². The minimum Gasteiger partial charge on any atom is -0.459 e. The number of hydrogen-bond acceptors (Lipinski definition) is 4. The zero-order valence-electron chi connectivity index (χ0n) is 14.2. The molecule has 0 radical (unpaired) electrons. The fraction of sp³-hybridized carbons (Fsp3) is 0.667. The zero-order chi connectivity index (χ0) is 16.8. The molecule has 3 rings (SSSR count). The Morgan fingerprint density at radius 2 is 1.88 bits per heavy atom. The minimum absolute atomic E-state index is 0.0211. The number of amides is 2. The van der Waals surface area contributed by atoms with E-state index in [1.165, 1.54) is 44.9 Å². The highest BCUT2D eigenvalue weighted by atomic mass is 16.3. The van der Waals surface area contributed by atoms with Gasteiger partial charge in [0, 0.05) is 32.7 Å². The number of rotatable bonds is 5. The van der Waals surface area contributed by atoms with Gasteiger partial charge in [0.15, 0.2) is 5.76 Å². The fourth-order valence-electron chi connectivity index (χ4n) is 3.68. The third kappa shape index (κ3) is 4.60. The molecule has 6 heteroatoms. The lowest BCUT2D eigenvalue weighted by molar-refractivity contribution is -0.131. The third-order valence-corrected chi connectivity index (χ3v) is 5.11. The summed E-state index contributed by atoms with van der Waals surface area (Å²) < 4.78 is 5.02. The number of carbonyl (C=O) groups is 2.